The molecule has 0 saturated carbocycles. The Morgan fingerprint density at radius 3 is 2.52 bits per heavy atom. The van der Waals surface area contributed by atoms with Gasteiger partial charge in [0, 0.05) is 17.7 Å². The van der Waals surface area contributed by atoms with Crippen molar-refractivity contribution in [1.82, 2.24) is 4.83 Å². The molecule has 1 N–H and O–H groups in total. The first kappa shape index (κ1) is 17.2. The Morgan fingerprint density at radius 1 is 1.13 bits per heavy atom. The highest BCUT2D eigenvalue weighted by atomic mass is 35.5. The number of benzene rings is 2. The fraction of sp³-hybridized carbons (Fsp3) is 0. The van der Waals surface area contributed by atoms with Crippen molar-refractivity contribution >= 4 is 45.1 Å². The number of hydrazone groups is 1. The van der Waals surface area contributed by atoms with Gasteiger partial charge in [-0.15, -0.1) is 0 Å². The van der Waals surface area contributed by atoms with E-state index in [1.165, 1.54) is 36.4 Å². The van der Waals surface area contributed by atoms with Crippen molar-refractivity contribution in [2.24, 2.45) is 5.10 Å². The van der Waals surface area contributed by atoms with Crippen LogP contribution in [-0.2, 0) is 10.0 Å². The van der Waals surface area contributed by atoms with Gasteiger partial charge in [-0.05, 0) is 18.2 Å². The third-order valence-corrected chi connectivity index (χ3v) is 4.63. The number of rotatable bonds is 5. The Balaban J connectivity index is 2.17. The zero-order valence-electron chi connectivity index (χ0n) is 11.3. The van der Waals surface area contributed by atoms with Crippen molar-refractivity contribution in [2.75, 3.05) is 0 Å². The molecule has 120 valence electrons. The number of sulfonamides is 1. The predicted molar refractivity (Wildman–Crippen MR) is 87.5 cm³/mol. The summed E-state index contributed by atoms with van der Waals surface area (Å²) >= 11 is 11.5. The van der Waals surface area contributed by atoms with E-state index >= 15 is 0 Å². The molecule has 0 aliphatic carbocycles. The first-order valence-corrected chi connectivity index (χ1v) is 8.28. The lowest BCUT2D eigenvalue weighted by Gasteiger charge is -2.04. The molecular weight excluding hydrogens is 365 g/mol. The van der Waals surface area contributed by atoms with Gasteiger partial charge in [-0.2, -0.15) is 13.5 Å². The maximum Gasteiger partial charge on any atom is 0.276 e. The van der Waals surface area contributed by atoms with Crippen molar-refractivity contribution in [3.63, 3.8) is 0 Å². The first-order valence-electron chi connectivity index (χ1n) is 6.04. The summed E-state index contributed by atoms with van der Waals surface area (Å²) in [5.74, 6) is 0. The molecule has 2 aromatic carbocycles. The highest BCUT2D eigenvalue weighted by Gasteiger charge is 2.14. The van der Waals surface area contributed by atoms with Crippen LogP contribution in [0.2, 0.25) is 10.0 Å². The highest BCUT2D eigenvalue weighted by Crippen LogP contribution is 2.24. The summed E-state index contributed by atoms with van der Waals surface area (Å²) in [5.41, 5.74) is 0.248. The van der Waals surface area contributed by atoms with Gasteiger partial charge in [-0.3, -0.25) is 10.1 Å². The van der Waals surface area contributed by atoms with E-state index in [1.54, 1.807) is 6.07 Å². The smallest absolute Gasteiger partial charge is 0.258 e. The third kappa shape index (κ3) is 4.41. The average molecular weight is 374 g/mol. The van der Waals surface area contributed by atoms with Gasteiger partial charge < -0.3 is 0 Å². The van der Waals surface area contributed by atoms with E-state index in [1.807, 2.05) is 4.83 Å². The number of hydrogen-bond acceptors (Lipinski definition) is 5. The average Bonchev–Trinajstić information content (AvgIpc) is 2.50. The summed E-state index contributed by atoms with van der Waals surface area (Å²) in [6, 6.07) is 9.41. The minimum Gasteiger partial charge on any atom is -0.258 e. The zero-order valence-corrected chi connectivity index (χ0v) is 13.6. The number of nitro groups is 1. The molecular formula is C13H9Cl2N3O4S. The molecule has 2 aromatic rings. The molecule has 0 aliphatic heterocycles. The second-order valence-electron chi connectivity index (χ2n) is 4.28. The van der Waals surface area contributed by atoms with Crippen molar-refractivity contribution in [2.45, 2.75) is 4.90 Å². The van der Waals surface area contributed by atoms with Gasteiger partial charge in [0.05, 0.1) is 26.1 Å². The van der Waals surface area contributed by atoms with Crippen molar-refractivity contribution < 1.29 is 13.3 Å². The molecule has 0 atom stereocenters. The zero-order chi connectivity index (χ0) is 17.0. The summed E-state index contributed by atoms with van der Waals surface area (Å²) in [7, 11) is -3.92. The van der Waals surface area contributed by atoms with Crippen LogP contribution >= 0.6 is 23.2 Å². The minimum absolute atomic E-state index is 0.0946. The molecule has 0 heterocycles. The maximum absolute atomic E-state index is 12.0. The molecule has 0 amide bonds. The number of nitrogens with zero attached hydrogens (tertiary/aromatic N) is 2. The van der Waals surface area contributed by atoms with Crippen LogP contribution in [0.4, 0.5) is 5.69 Å². The van der Waals surface area contributed by atoms with Crippen LogP contribution in [-0.4, -0.2) is 19.6 Å². The summed E-state index contributed by atoms with van der Waals surface area (Å²) < 4.78 is 24.1. The van der Waals surface area contributed by atoms with Crippen LogP contribution in [0.1, 0.15) is 5.56 Å². The molecule has 0 radical (unpaired) electrons. The van der Waals surface area contributed by atoms with Crippen LogP contribution in [0.5, 0.6) is 0 Å². The molecule has 7 nitrogen and oxygen atoms in total. The van der Waals surface area contributed by atoms with E-state index in [4.69, 9.17) is 23.2 Å². The van der Waals surface area contributed by atoms with Crippen LogP contribution < -0.4 is 4.83 Å². The second kappa shape index (κ2) is 6.95. The second-order valence-corrected chi connectivity index (χ2v) is 6.76. The van der Waals surface area contributed by atoms with E-state index < -0.39 is 14.9 Å². The third-order valence-electron chi connectivity index (χ3n) is 2.67. The van der Waals surface area contributed by atoms with Crippen molar-refractivity contribution in [3.05, 3.63) is 68.2 Å². The lowest BCUT2D eigenvalue weighted by Crippen LogP contribution is -2.18. The molecule has 10 heteroatoms. The summed E-state index contributed by atoms with van der Waals surface area (Å²) in [6.45, 7) is 0. The van der Waals surface area contributed by atoms with E-state index in [-0.39, 0.29) is 20.6 Å². The summed E-state index contributed by atoms with van der Waals surface area (Å²) in [5, 5.41) is 14.6. The summed E-state index contributed by atoms with van der Waals surface area (Å²) in [6.07, 6.45) is 1.15. The SMILES string of the molecule is O=[N+]([O-])c1cccc(/C=N/NS(=O)(=O)c2ccc(Cl)c(Cl)c2)c1. The molecule has 0 aromatic heterocycles. The largest absolute Gasteiger partial charge is 0.276 e. The van der Waals surface area contributed by atoms with Crippen molar-refractivity contribution in [1.29, 1.82) is 0 Å². The molecule has 2 rings (SSSR count). The Kier molecular flexibility index (Phi) is 5.19. The van der Waals surface area contributed by atoms with Gasteiger partial charge >= 0.3 is 0 Å². The lowest BCUT2D eigenvalue weighted by atomic mass is 10.2. The predicted octanol–water partition coefficient (Wildman–Crippen LogP) is 3.21. The molecule has 23 heavy (non-hydrogen) atoms. The summed E-state index contributed by atoms with van der Waals surface area (Å²) in [4.78, 5) is 12.0. The molecule has 0 bridgehead atoms. The van der Waals surface area contributed by atoms with Gasteiger partial charge in [0.25, 0.3) is 15.7 Å². The Bertz CT molecular complexity index is 885. The lowest BCUT2D eigenvalue weighted by molar-refractivity contribution is -0.384. The van der Waals surface area contributed by atoms with E-state index in [0.717, 1.165) is 6.21 Å². The number of nitrogens with one attached hydrogen (secondary N) is 1. The fourth-order valence-electron chi connectivity index (χ4n) is 1.59. The monoisotopic (exact) mass is 373 g/mol. The normalized spacial score (nSPS) is 11.6. The van der Waals surface area contributed by atoms with Crippen LogP contribution in [0.3, 0.4) is 0 Å². The van der Waals surface area contributed by atoms with Crippen molar-refractivity contribution in [3.8, 4) is 0 Å². The van der Waals surface area contributed by atoms with Crippen LogP contribution in [0.15, 0.2) is 52.5 Å². The van der Waals surface area contributed by atoms with Crippen LogP contribution in [0, 0.1) is 10.1 Å². The van der Waals surface area contributed by atoms with E-state index in [9.17, 15) is 18.5 Å². The number of non-ortho nitro benzene ring substituents is 1. The topological polar surface area (TPSA) is 102 Å². The Labute approximate surface area is 141 Å². The standard InChI is InChI=1S/C13H9Cl2N3O4S/c14-12-5-4-11(7-13(12)15)23(21,22)17-16-8-9-2-1-3-10(6-9)18(19)20/h1-8,17H/b16-8+. The Hall–Kier alpha value is -2.16. The molecule has 0 spiro atoms. The molecule has 0 fully saturated rings. The molecule has 0 unspecified atom stereocenters. The van der Waals surface area contributed by atoms with Gasteiger partial charge in [0.15, 0.2) is 0 Å². The van der Waals surface area contributed by atoms with Crippen LogP contribution in [0.25, 0.3) is 0 Å². The number of nitro benzene ring substituents is 1. The van der Waals surface area contributed by atoms with E-state index in [2.05, 4.69) is 5.10 Å². The quantitative estimate of drug-likeness (QED) is 0.493. The van der Waals surface area contributed by atoms with Gasteiger partial charge in [0.2, 0.25) is 0 Å². The van der Waals surface area contributed by atoms with Gasteiger partial charge in [0.1, 0.15) is 0 Å². The van der Waals surface area contributed by atoms with Gasteiger partial charge in [-0.1, -0.05) is 35.3 Å². The van der Waals surface area contributed by atoms with Gasteiger partial charge in [-0.25, -0.2) is 4.83 Å². The maximum atomic E-state index is 12.0. The number of hydrogen-bond donors (Lipinski definition) is 1. The fourth-order valence-corrected chi connectivity index (χ4v) is 2.77. The Morgan fingerprint density at radius 2 is 1.87 bits per heavy atom. The molecule has 0 aliphatic rings. The van der Waals surface area contributed by atoms with E-state index in [0.29, 0.717) is 5.56 Å². The molecule has 0 saturated heterocycles. The highest BCUT2D eigenvalue weighted by molar-refractivity contribution is 7.89. The number of halogens is 2. The first-order chi connectivity index (χ1) is 10.8. The minimum atomic E-state index is -3.92.